The summed E-state index contributed by atoms with van der Waals surface area (Å²) in [5.41, 5.74) is 0.566. The van der Waals surface area contributed by atoms with Crippen LogP contribution in [-0.2, 0) is 14.3 Å². The number of hydrogen-bond donors (Lipinski definition) is 1. The minimum atomic E-state index is -1.13. The number of ether oxygens (including phenoxy) is 1. The van der Waals surface area contributed by atoms with Crippen LogP contribution in [0.2, 0.25) is 0 Å². The predicted molar refractivity (Wildman–Crippen MR) is 63.3 cm³/mol. The monoisotopic (exact) mass is 252 g/mol. The Morgan fingerprint density at radius 1 is 1.33 bits per heavy atom. The SMILES string of the molecule is CCOC(=O)/C(=C/c1ccc(F)cc1)CC(=O)O. The molecule has 0 atom stereocenters. The summed E-state index contributed by atoms with van der Waals surface area (Å²) < 4.78 is 17.5. The number of hydrogen-bond acceptors (Lipinski definition) is 3. The molecule has 0 radical (unpaired) electrons. The molecule has 0 aliphatic carbocycles. The first-order valence-electron chi connectivity index (χ1n) is 5.38. The standard InChI is InChI=1S/C13H13FO4/c1-2-18-13(17)10(8-12(15)16)7-9-3-5-11(14)6-4-9/h3-7H,2,8H2,1H3,(H,15,16)/b10-7+. The molecule has 18 heavy (non-hydrogen) atoms. The number of esters is 1. The van der Waals surface area contributed by atoms with Crippen LogP contribution in [0.4, 0.5) is 4.39 Å². The van der Waals surface area contributed by atoms with E-state index < -0.39 is 24.2 Å². The maximum absolute atomic E-state index is 12.7. The Kier molecular flexibility index (Phi) is 5.05. The number of carbonyl (C=O) groups is 2. The molecule has 0 fully saturated rings. The molecule has 0 aliphatic heterocycles. The zero-order valence-corrected chi connectivity index (χ0v) is 9.85. The van der Waals surface area contributed by atoms with Crippen LogP contribution in [0.1, 0.15) is 18.9 Å². The second kappa shape index (κ2) is 6.54. The smallest absolute Gasteiger partial charge is 0.334 e. The van der Waals surface area contributed by atoms with Crippen LogP contribution in [-0.4, -0.2) is 23.7 Å². The Hall–Kier alpha value is -2.17. The fourth-order valence-corrected chi connectivity index (χ4v) is 1.33. The lowest BCUT2D eigenvalue weighted by Crippen LogP contribution is -2.11. The largest absolute Gasteiger partial charge is 0.481 e. The third-order valence-corrected chi connectivity index (χ3v) is 2.09. The Labute approximate surface area is 104 Å². The summed E-state index contributed by atoms with van der Waals surface area (Å²) in [5, 5.41) is 8.71. The van der Waals surface area contributed by atoms with Gasteiger partial charge in [-0.3, -0.25) is 4.79 Å². The molecule has 0 aliphatic rings. The summed E-state index contributed by atoms with van der Waals surface area (Å²) in [5.74, 6) is -2.20. The first kappa shape index (κ1) is 13.9. The molecular weight excluding hydrogens is 239 g/mol. The van der Waals surface area contributed by atoms with Crippen molar-refractivity contribution in [3.05, 3.63) is 41.2 Å². The van der Waals surface area contributed by atoms with Crippen LogP contribution in [0.15, 0.2) is 29.8 Å². The van der Waals surface area contributed by atoms with Gasteiger partial charge in [0.1, 0.15) is 5.82 Å². The third kappa shape index (κ3) is 4.37. The molecule has 1 aromatic rings. The maximum atomic E-state index is 12.7. The van der Waals surface area contributed by atoms with Crippen LogP contribution in [0.3, 0.4) is 0 Å². The molecular formula is C13H13FO4. The van der Waals surface area contributed by atoms with Gasteiger partial charge < -0.3 is 9.84 Å². The van der Waals surface area contributed by atoms with E-state index in [1.165, 1.54) is 30.3 Å². The lowest BCUT2D eigenvalue weighted by Gasteiger charge is -2.04. The lowest BCUT2D eigenvalue weighted by molar-refractivity contribution is -0.142. The zero-order valence-electron chi connectivity index (χ0n) is 9.85. The van der Waals surface area contributed by atoms with Crippen LogP contribution in [0, 0.1) is 5.82 Å². The van der Waals surface area contributed by atoms with Gasteiger partial charge in [0.05, 0.1) is 13.0 Å². The highest BCUT2D eigenvalue weighted by Crippen LogP contribution is 2.12. The number of halogens is 1. The van der Waals surface area contributed by atoms with Crippen LogP contribution in [0.25, 0.3) is 6.08 Å². The van der Waals surface area contributed by atoms with Crippen molar-refractivity contribution < 1.29 is 23.8 Å². The first-order chi connectivity index (χ1) is 8.52. The fourth-order valence-electron chi connectivity index (χ4n) is 1.33. The molecule has 0 aromatic heterocycles. The average Bonchev–Trinajstić information content (AvgIpc) is 2.31. The molecule has 0 saturated heterocycles. The fraction of sp³-hybridized carbons (Fsp3) is 0.231. The first-order valence-corrected chi connectivity index (χ1v) is 5.38. The minimum Gasteiger partial charge on any atom is -0.481 e. The van der Waals surface area contributed by atoms with E-state index >= 15 is 0 Å². The molecule has 1 N–H and O–H groups in total. The van der Waals surface area contributed by atoms with E-state index in [-0.39, 0.29) is 12.2 Å². The van der Waals surface area contributed by atoms with E-state index in [2.05, 4.69) is 0 Å². The lowest BCUT2D eigenvalue weighted by atomic mass is 10.1. The number of rotatable bonds is 5. The van der Waals surface area contributed by atoms with E-state index in [0.717, 1.165) is 0 Å². The molecule has 0 unspecified atom stereocenters. The highest BCUT2D eigenvalue weighted by Gasteiger charge is 2.14. The average molecular weight is 252 g/mol. The summed E-state index contributed by atoms with van der Waals surface area (Å²) in [6.45, 7) is 1.80. The van der Waals surface area contributed by atoms with Crippen molar-refractivity contribution in [3.8, 4) is 0 Å². The number of aliphatic carboxylic acids is 1. The number of carboxylic acid groups (broad SMARTS) is 1. The van der Waals surface area contributed by atoms with Crippen LogP contribution >= 0.6 is 0 Å². The van der Waals surface area contributed by atoms with Gasteiger partial charge in [-0.2, -0.15) is 0 Å². The van der Waals surface area contributed by atoms with Crippen molar-refractivity contribution in [2.75, 3.05) is 6.61 Å². The Balaban J connectivity index is 2.97. The van der Waals surface area contributed by atoms with E-state index in [9.17, 15) is 14.0 Å². The molecule has 5 heteroatoms. The second-order valence-electron chi connectivity index (χ2n) is 3.51. The number of carboxylic acids is 1. The molecule has 0 heterocycles. The highest BCUT2D eigenvalue weighted by molar-refractivity contribution is 5.97. The molecule has 1 rings (SSSR count). The number of carbonyl (C=O) groups excluding carboxylic acids is 1. The van der Waals surface area contributed by atoms with Gasteiger partial charge in [-0.15, -0.1) is 0 Å². The molecule has 96 valence electrons. The van der Waals surface area contributed by atoms with Crippen molar-refractivity contribution in [2.24, 2.45) is 0 Å². The van der Waals surface area contributed by atoms with Gasteiger partial charge in [0.15, 0.2) is 0 Å². The van der Waals surface area contributed by atoms with Crippen molar-refractivity contribution in [2.45, 2.75) is 13.3 Å². The Bertz CT molecular complexity index is 462. The molecule has 0 amide bonds. The summed E-state index contributed by atoms with van der Waals surface area (Å²) in [6.07, 6.45) is 0.946. The van der Waals surface area contributed by atoms with Gasteiger partial charge in [-0.1, -0.05) is 12.1 Å². The summed E-state index contributed by atoms with van der Waals surface area (Å²) in [7, 11) is 0. The topological polar surface area (TPSA) is 63.6 Å². The van der Waals surface area contributed by atoms with Crippen LogP contribution < -0.4 is 0 Å². The van der Waals surface area contributed by atoms with Gasteiger partial charge >= 0.3 is 11.9 Å². The van der Waals surface area contributed by atoms with E-state index in [1.807, 2.05) is 0 Å². The van der Waals surface area contributed by atoms with Crippen molar-refractivity contribution >= 4 is 18.0 Å². The molecule has 4 nitrogen and oxygen atoms in total. The van der Waals surface area contributed by atoms with E-state index in [4.69, 9.17) is 9.84 Å². The van der Waals surface area contributed by atoms with Gasteiger partial charge in [-0.05, 0) is 30.7 Å². The predicted octanol–water partition coefficient (Wildman–Crippen LogP) is 2.25. The summed E-state index contributed by atoms with van der Waals surface area (Å²) in [4.78, 5) is 22.2. The second-order valence-corrected chi connectivity index (χ2v) is 3.51. The van der Waals surface area contributed by atoms with Gasteiger partial charge in [0.2, 0.25) is 0 Å². The van der Waals surface area contributed by atoms with Crippen molar-refractivity contribution in [3.63, 3.8) is 0 Å². The van der Waals surface area contributed by atoms with Gasteiger partial charge in [0.25, 0.3) is 0 Å². The quantitative estimate of drug-likeness (QED) is 0.644. The van der Waals surface area contributed by atoms with Crippen LogP contribution in [0.5, 0.6) is 0 Å². The third-order valence-electron chi connectivity index (χ3n) is 2.09. The zero-order chi connectivity index (χ0) is 13.5. The Morgan fingerprint density at radius 2 is 1.94 bits per heavy atom. The summed E-state index contributed by atoms with van der Waals surface area (Å²) >= 11 is 0. The molecule has 0 saturated carbocycles. The Morgan fingerprint density at radius 3 is 2.44 bits per heavy atom. The molecule has 0 bridgehead atoms. The van der Waals surface area contributed by atoms with Gasteiger partial charge in [0, 0.05) is 5.57 Å². The van der Waals surface area contributed by atoms with E-state index in [1.54, 1.807) is 6.92 Å². The maximum Gasteiger partial charge on any atom is 0.334 e. The molecule has 1 aromatic carbocycles. The van der Waals surface area contributed by atoms with Gasteiger partial charge in [-0.25, -0.2) is 9.18 Å². The highest BCUT2D eigenvalue weighted by atomic mass is 19.1. The normalized spacial score (nSPS) is 11.1. The van der Waals surface area contributed by atoms with Crippen molar-refractivity contribution in [1.29, 1.82) is 0 Å². The summed E-state index contributed by atoms with van der Waals surface area (Å²) in [6, 6.07) is 5.37. The minimum absolute atomic E-state index is 0.0240. The van der Waals surface area contributed by atoms with E-state index in [0.29, 0.717) is 5.56 Å². The van der Waals surface area contributed by atoms with Crippen molar-refractivity contribution in [1.82, 2.24) is 0 Å². The number of benzene rings is 1. The molecule has 0 spiro atoms.